The number of nitrogens with zero attached hydrogens (tertiary/aromatic N) is 1. The van der Waals surface area contributed by atoms with Crippen LogP contribution in [0.1, 0.15) is 40.9 Å². The van der Waals surface area contributed by atoms with E-state index >= 15 is 0 Å². The first-order chi connectivity index (χ1) is 14.0. The number of aromatic hydroxyl groups is 1. The minimum absolute atomic E-state index is 0.0707. The van der Waals surface area contributed by atoms with E-state index in [1.54, 1.807) is 13.2 Å². The molecule has 5 heteroatoms. The molecule has 1 aliphatic heterocycles. The fraction of sp³-hybridized carbons (Fsp3) is 0.208. The van der Waals surface area contributed by atoms with Gasteiger partial charge in [-0.15, -0.1) is 0 Å². The number of phenolic OH excluding ortho intramolecular Hbond substituents is 1. The van der Waals surface area contributed by atoms with Crippen LogP contribution in [-0.4, -0.2) is 17.9 Å². The third kappa shape index (κ3) is 4.21. The second kappa shape index (κ2) is 8.39. The van der Waals surface area contributed by atoms with Crippen LogP contribution in [0.5, 0.6) is 11.5 Å². The van der Waals surface area contributed by atoms with Crippen molar-refractivity contribution in [2.45, 2.75) is 25.6 Å². The molecule has 2 N–H and O–H groups in total. The van der Waals surface area contributed by atoms with E-state index < -0.39 is 0 Å². The van der Waals surface area contributed by atoms with E-state index in [9.17, 15) is 5.11 Å². The lowest BCUT2D eigenvalue weighted by molar-refractivity contribution is 0.381. The lowest BCUT2D eigenvalue weighted by atomic mass is 9.93. The molecule has 4 rings (SSSR count). The van der Waals surface area contributed by atoms with E-state index in [1.807, 2.05) is 36.4 Å². The fourth-order valence-electron chi connectivity index (χ4n) is 3.69. The fourth-order valence-corrected chi connectivity index (χ4v) is 4.07. The zero-order chi connectivity index (χ0) is 20.4. The van der Waals surface area contributed by atoms with Crippen LogP contribution in [0.3, 0.4) is 0 Å². The van der Waals surface area contributed by atoms with Gasteiger partial charge in [0.15, 0.2) is 0 Å². The molecule has 0 bridgehead atoms. The molecule has 0 amide bonds. The van der Waals surface area contributed by atoms with Crippen LogP contribution in [0.4, 0.5) is 0 Å². The van der Waals surface area contributed by atoms with Crippen molar-refractivity contribution < 1.29 is 9.84 Å². The molecule has 0 radical (unpaired) electrons. The van der Waals surface area contributed by atoms with Crippen molar-refractivity contribution in [3.63, 3.8) is 0 Å². The lowest BCUT2D eigenvalue weighted by Crippen LogP contribution is -2.33. The Bertz CT molecular complexity index is 1050. The second-order valence-electron chi connectivity index (χ2n) is 7.21. The summed E-state index contributed by atoms with van der Waals surface area (Å²) in [5.74, 6) is 1.06. The first-order valence-electron chi connectivity index (χ1n) is 9.56. The predicted molar refractivity (Wildman–Crippen MR) is 120 cm³/mol. The van der Waals surface area contributed by atoms with Crippen LogP contribution in [0.25, 0.3) is 0 Å². The summed E-state index contributed by atoms with van der Waals surface area (Å²) in [6, 6.07) is 21.7. The van der Waals surface area contributed by atoms with Gasteiger partial charge in [0.05, 0.1) is 7.11 Å². The average Bonchev–Trinajstić information content (AvgIpc) is 2.74. The van der Waals surface area contributed by atoms with Gasteiger partial charge < -0.3 is 9.84 Å². The van der Waals surface area contributed by atoms with E-state index in [2.05, 4.69) is 52.4 Å². The normalized spacial score (nSPS) is 18.9. The minimum atomic E-state index is -0.294. The number of aryl methyl sites for hydroxylation is 1. The number of aliphatic imine (C=N–C) groups is 1. The number of phenols is 1. The van der Waals surface area contributed by atoms with Crippen molar-refractivity contribution in [2.75, 3.05) is 7.11 Å². The number of hydrogen-bond acceptors (Lipinski definition) is 4. The topological polar surface area (TPSA) is 53.9 Å². The summed E-state index contributed by atoms with van der Waals surface area (Å²) in [7, 11) is 1.67. The van der Waals surface area contributed by atoms with Gasteiger partial charge in [0.1, 0.15) is 17.7 Å². The van der Waals surface area contributed by atoms with E-state index in [1.165, 1.54) is 5.56 Å². The number of methoxy groups -OCH3 is 1. The Morgan fingerprint density at radius 1 is 1.03 bits per heavy atom. The molecule has 2 atom stereocenters. The largest absolute Gasteiger partial charge is 0.508 e. The van der Waals surface area contributed by atoms with Crippen molar-refractivity contribution in [1.29, 1.82) is 0 Å². The summed E-state index contributed by atoms with van der Waals surface area (Å²) in [4.78, 5) is 5.03. The van der Waals surface area contributed by atoms with Crippen LogP contribution in [0, 0.1) is 6.92 Å². The quantitative estimate of drug-likeness (QED) is 0.536. The summed E-state index contributed by atoms with van der Waals surface area (Å²) < 4.78 is 6.56. The minimum Gasteiger partial charge on any atom is -0.508 e. The van der Waals surface area contributed by atoms with Gasteiger partial charge >= 0.3 is 0 Å². The average molecular weight is 451 g/mol. The van der Waals surface area contributed by atoms with Gasteiger partial charge in [-0.1, -0.05) is 64.0 Å². The number of ether oxygens (including phenoxy) is 1. The van der Waals surface area contributed by atoms with Crippen molar-refractivity contribution in [2.24, 2.45) is 4.99 Å². The molecule has 1 aliphatic rings. The van der Waals surface area contributed by atoms with E-state index in [0.717, 1.165) is 32.6 Å². The van der Waals surface area contributed by atoms with Gasteiger partial charge in [-0.3, -0.25) is 10.3 Å². The van der Waals surface area contributed by atoms with Crippen LogP contribution < -0.4 is 10.1 Å². The number of nitrogens with one attached hydrogen (secondary N) is 1. The number of benzene rings is 3. The summed E-state index contributed by atoms with van der Waals surface area (Å²) in [5.41, 5.74) is 5.13. The Morgan fingerprint density at radius 2 is 1.79 bits per heavy atom. The van der Waals surface area contributed by atoms with E-state index in [0.29, 0.717) is 6.42 Å². The van der Waals surface area contributed by atoms with Crippen LogP contribution in [0.15, 0.2) is 76.2 Å². The first-order valence-corrected chi connectivity index (χ1v) is 10.4. The molecule has 0 aromatic heterocycles. The molecular weight excluding hydrogens is 428 g/mol. The summed E-state index contributed by atoms with van der Waals surface area (Å²) in [6.07, 6.45) is 0.394. The summed E-state index contributed by atoms with van der Waals surface area (Å²) in [6.45, 7) is 2.08. The van der Waals surface area contributed by atoms with E-state index in [-0.39, 0.29) is 18.0 Å². The summed E-state index contributed by atoms with van der Waals surface area (Å²) >= 11 is 3.56. The van der Waals surface area contributed by atoms with Gasteiger partial charge in [-0.2, -0.15) is 0 Å². The van der Waals surface area contributed by atoms with Crippen LogP contribution in [-0.2, 0) is 0 Å². The molecule has 4 nitrogen and oxygen atoms in total. The van der Waals surface area contributed by atoms with Crippen molar-refractivity contribution in [3.8, 4) is 11.5 Å². The maximum atomic E-state index is 10.4. The molecule has 0 spiro atoms. The monoisotopic (exact) mass is 450 g/mol. The molecule has 3 aromatic rings. The highest BCUT2D eigenvalue weighted by atomic mass is 79.9. The molecule has 29 heavy (non-hydrogen) atoms. The molecule has 0 saturated carbocycles. The highest BCUT2D eigenvalue weighted by Crippen LogP contribution is 2.37. The Labute approximate surface area is 179 Å². The summed E-state index contributed by atoms with van der Waals surface area (Å²) in [5, 5.41) is 14.0. The maximum Gasteiger partial charge on any atom is 0.130 e. The van der Waals surface area contributed by atoms with Crippen LogP contribution >= 0.6 is 15.9 Å². The van der Waals surface area contributed by atoms with Gasteiger partial charge in [0.2, 0.25) is 0 Å². The van der Waals surface area contributed by atoms with Crippen molar-refractivity contribution in [3.05, 3.63) is 93.5 Å². The Balaban J connectivity index is 1.80. The van der Waals surface area contributed by atoms with E-state index in [4.69, 9.17) is 9.73 Å². The van der Waals surface area contributed by atoms with Gasteiger partial charge in [-0.25, -0.2) is 0 Å². The first kappa shape index (κ1) is 19.7. The molecule has 0 unspecified atom stereocenters. The number of halogens is 1. The molecule has 0 aliphatic carbocycles. The number of rotatable bonds is 4. The molecule has 1 heterocycles. The smallest absolute Gasteiger partial charge is 0.130 e. The zero-order valence-corrected chi connectivity index (χ0v) is 18.0. The van der Waals surface area contributed by atoms with Gasteiger partial charge in [0.25, 0.3) is 0 Å². The third-order valence-corrected chi connectivity index (χ3v) is 5.72. The molecule has 148 valence electrons. The number of para-hydroxylation sites is 1. The van der Waals surface area contributed by atoms with Gasteiger partial charge in [0, 0.05) is 33.8 Å². The van der Waals surface area contributed by atoms with Gasteiger partial charge in [-0.05, 0) is 36.8 Å². The van der Waals surface area contributed by atoms with Crippen LogP contribution in [0.2, 0.25) is 0 Å². The highest BCUT2D eigenvalue weighted by Gasteiger charge is 2.29. The molecule has 3 aromatic carbocycles. The number of hydrogen-bond donors (Lipinski definition) is 2. The SMILES string of the molecule is COc1ccc(Br)cc1[C@@H]1N=C(c2ccc(C)cc2)C[C@@H](c2ccccc2O)N1. The Morgan fingerprint density at radius 3 is 2.52 bits per heavy atom. The highest BCUT2D eigenvalue weighted by molar-refractivity contribution is 9.10. The Kier molecular flexibility index (Phi) is 5.69. The third-order valence-electron chi connectivity index (χ3n) is 5.22. The van der Waals surface area contributed by atoms with Crippen molar-refractivity contribution >= 4 is 21.6 Å². The molecule has 0 fully saturated rings. The second-order valence-corrected chi connectivity index (χ2v) is 8.13. The molecular formula is C24H23BrN2O2. The predicted octanol–water partition coefficient (Wildman–Crippen LogP) is 5.69. The standard InChI is InChI=1S/C24H23BrN2O2/c1-15-7-9-16(10-8-15)20-14-21(18-5-3-4-6-22(18)28)27-24(26-20)19-13-17(25)11-12-23(19)29-2/h3-13,21,24,27-28H,14H2,1-2H3/t21-,24+/m0/s1. The maximum absolute atomic E-state index is 10.4. The van der Waals surface area contributed by atoms with Crippen molar-refractivity contribution in [1.82, 2.24) is 5.32 Å². The molecule has 0 saturated heterocycles. The lowest BCUT2D eigenvalue weighted by Gasteiger charge is -2.31. The zero-order valence-electron chi connectivity index (χ0n) is 16.4. The Hall–Kier alpha value is -2.63.